The number of thiocarbonyl (C=S) groups is 1. The number of nitrogens with zero attached hydrogens (tertiary/aromatic N) is 2. The Morgan fingerprint density at radius 1 is 1.03 bits per heavy atom. The van der Waals surface area contributed by atoms with Crippen LogP contribution in [-0.4, -0.2) is 27.9 Å². The molecular formula is C26H20Cl2N4OS. The lowest BCUT2D eigenvalue weighted by Gasteiger charge is -2.23. The summed E-state index contributed by atoms with van der Waals surface area (Å²) in [7, 11) is 1.76. The molecule has 0 radical (unpaired) electrons. The molecule has 5 rings (SSSR count). The van der Waals surface area contributed by atoms with Crippen molar-refractivity contribution < 1.29 is 0 Å². The second-order valence-corrected chi connectivity index (χ2v) is 9.24. The molecule has 0 aliphatic carbocycles. The van der Waals surface area contributed by atoms with E-state index < -0.39 is 0 Å². The van der Waals surface area contributed by atoms with Crippen molar-refractivity contribution in [1.82, 2.24) is 15.3 Å². The van der Waals surface area contributed by atoms with E-state index in [0.717, 1.165) is 22.1 Å². The average molecular weight is 507 g/mol. The molecule has 0 unspecified atom stereocenters. The van der Waals surface area contributed by atoms with E-state index in [1.165, 1.54) is 0 Å². The zero-order chi connectivity index (χ0) is 23.8. The average Bonchev–Trinajstić information content (AvgIpc) is 3.29. The van der Waals surface area contributed by atoms with E-state index >= 15 is 0 Å². The van der Waals surface area contributed by atoms with Crippen molar-refractivity contribution in [3.63, 3.8) is 0 Å². The first-order valence-electron chi connectivity index (χ1n) is 10.7. The summed E-state index contributed by atoms with van der Waals surface area (Å²) in [5.74, 6) is 0. The molecule has 0 fully saturated rings. The van der Waals surface area contributed by atoms with Gasteiger partial charge in [0.1, 0.15) is 0 Å². The quantitative estimate of drug-likeness (QED) is 0.326. The lowest BCUT2D eigenvalue weighted by Crippen LogP contribution is -2.34. The number of rotatable bonds is 3. The fourth-order valence-electron chi connectivity index (χ4n) is 4.35. The topological polar surface area (TPSA) is 60.5 Å². The van der Waals surface area contributed by atoms with Crippen LogP contribution in [0.1, 0.15) is 23.6 Å². The molecule has 1 atom stereocenters. The molecule has 2 N–H and O–H groups in total. The smallest absolute Gasteiger partial charge is 0.258 e. The highest BCUT2D eigenvalue weighted by Gasteiger charge is 2.33. The largest absolute Gasteiger partial charge is 0.364 e. The molecule has 1 aliphatic rings. The second kappa shape index (κ2) is 9.22. The van der Waals surface area contributed by atoms with Crippen LogP contribution in [0, 0.1) is 0 Å². The van der Waals surface area contributed by atoms with Crippen LogP contribution in [0.4, 0.5) is 0 Å². The minimum absolute atomic E-state index is 0.176. The molecular weight excluding hydrogens is 487 g/mol. The number of H-pyrrole nitrogens is 1. The molecule has 0 saturated carbocycles. The molecule has 0 saturated heterocycles. The van der Waals surface area contributed by atoms with Gasteiger partial charge in [-0.1, -0.05) is 65.7 Å². The third-order valence-corrected chi connectivity index (χ3v) is 6.79. The SMILES string of the molecule is CNC(=S)N1N=C(c2c(-c3ccccc3)c3cc(Cl)ccc3[nH]c2=O)C[C@H]1c1ccc(Cl)cc1. The highest BCUT2D eigenvalue weighted by Crippen LogP contribution is 2.37. The Hall–Kier alpha value is -3.19. The molecule has 0 spiro atoms. The lowest BCUT2D eigenvalue weighted by molar-refractivity contribution is 0.367. The monoisotopic (exact) mass is 506 g/mol. The van der Waals surface area contributed by atoms with E-state index in [1.807, 2.05) is 66.7 Å². The molecule has 5 nitrogen and oxygen atoms in total. The Kier molecular flexibility index (Phi) is 6.13. The van der Waals surface area contributed by atoms with Gasteiger partial charge in [-0.2, -0.15) is 5.10 Å². The third-order valence-electron chi connectivity index (χ3n) is 5.91. The third kappa shape index (κ3) is 4.09. The van der Waals surface area contributed by atoms with Gasteiger partial charge in [0.15, 0.2) is 5.11 Å². The summed E-state index contributed by atoms with van der Waals surface area (Å²) in [6, 6.07) is 22.7. The van der Waals surface area contributed by atoms with Gasteiger partial charge in [-0.25, -0.2) is 5.01 Å². The molecule has 0 amide bonds. The zero-order valence-electron chi connectivity index (χ0n) is 18.2. The summed E-state index contributed by atoms with van der Waals surface area (Å²) in [6.07, 6.45) is 0.498. The van der Waals surface area contributed by atoms with Crippen LogP contribution in [0.2, 0.25) is 10.0 Å². The molecule has 4 aromatic rings. The molecule has 8 heteroatoms. The van der Waals surface area contributed by atoms with Crippen molar-refractivity contribution >= 4 is 57.1 Å². The van der Waals surface area contributed by atoms with E-state index in [2.05, 4.69) is 10.3 Å². The fourth-order valence-corrected chi connectivity index (χ4v) is 4.82. The number of hydrazone groups is 1. The second-order valence-electron chi connectivity index (χ2n) is 7.98. The summed E-state index contributed by atoms with van der Waals surface area (Å²) < 4.78 is 0. The van der Waals surface area contributed by atoms with Crippen LogP contribution in [0.15, 0.2) is 82.7 Å². The van der Waals surface area contributed by atoms with E-state index in [9.17, 15) is 4.79 Å². The van der Waals surface area contributed by atoms with Crippen LogP contribution in [0.3, 0.4) is 0 Å². The van der Waals surface area contributed by atoms with Gasteiger partial charge in [-0.05, 0) is 53.7 Å². The number of benzene rings is 3. The summed E-state index contributed by atoms with van der Waals surface area (Å²) in [5, 5.41) is 12.2. The highest BCUT2D eigenvalue weighted by atomic mass is 35.5. The van der Waals surface area contributed by atoms with Gasteiger partial charge >= 0.3 is 0 Å². The number of nitrogens with one attached hydrogen (secondary N) is 2. The molecule has 2 heterocycles. The molecule has 3 aromatic carbocycles. The van der Waals surface area contributed by atoms with Crippen LogP contribution in [0.5, 0.6) is 0 Å². The predicted octanol–water partition coefficient (Wildman–Crippen LogP) is 6.16. The van der Waals surface area contributed by atoms with E-state index in [-0.39, 0.29) is 11.6 Å². The van der Waals surface area contributed by atoms with Gasteiger partial charge in [-0.15, -0.1) is 0 Å². The number of hydrogen-bond donors (Lipinski definition) is 2. The Morgan fingerprint density at radius 3 is 2.44 bits per heavy atom. The Morgan fingerprint density at radius 2 is 1.74 bits per heavy atom. The molecule has 170 valence electrons. The molecule has 1 aliphatic heterocycles. The zero-order valence-corrected chi connectivity index (χ0v) is 20.5. The van der Waals surface area contributed by atoms with Crippen LogP contribution < -0.4 is 10.9 Å². The van der Waals surface area contributed by atoms with Gasteiger partial charge in [0.2, 0.25) is 0 Å². The number of pyridine rings is 1. The van der Waals surface area contributed by atoms with Crippen LogP contribution in [-0.2, 0) is 0 Å². The fraction of sp³-hybridized carbons (Fsp3) is 0.115. The van der Waals surface area contributed by atoms with Gasteiger partial charge < -0.3 is 10.3 Å². The Bertz CT molecular complexity index is 1480. The minimum Gasteiger partial charge on any atom is -0.364 e. The summed E-state index contributed by atoms with van der Waals surface area (Å²) >= 11 is 18.0. The highest BCUT2D eigenvalue weighted by molar-refractivity contribution is 7.80. The van der Waals surface area contributed by atoms with Gasteiger partial charge in [0.25, 0.3) is 5.56 Å². The van der Waals surface area contributed by atoms with Gasteiger partial charge in [0.05, 0.1) is 17.3 Å². The molecule has 34 heavy (non-hydrogen) atoms. The number of aromatic nitrogens is 1. The van der Waals surface area contributed by atoms with Gasteiger partial charge in [0, 0.05) is 40.0 Å². The van der Waals surface area contributed by atoms with Crippen molar-refractivity contribution in [2.75, 3.05) is 7.05 Å². The van der Waals surface area contributed by atoms with Crippen molar-refractivity contribution in [1.29, 1.82) is 0 Å². The Balaban J connectivity index is 1.74. The standard InChI is InChI=1S/C26H20Cl2N4OS/c1-29-26(34)32-22(15-7-9-17(27)10-8-15)14-21(31-32)24-23(16-5-3-2-4-6-16)19-13-18(28)11-12-20(19)30-25(24)33/h2-13,22H,14H2,1H3,(H,29,34)(H,30,33)/t22-/m0/s1. The summed E-state index contributed by atoms with van der Waals surface area (Å²) in [4.78, 5) is 16.5. The summed E-state index contributed by atoms with van der Waals surface area (Å²) in [5.41, 5.74) is 4.39. The maximum absolute atomic E-state index is 13.5. The Labute approximate surface area is 212 Å². The maximum atomic E-state index is 13.5. The van der Waals surface area contributed by atoms with Gasteiger partial charge in [-0.3, -0.25) is 4.79 Å². The van der Waals surface area contributed by atoms with E-state index in [4.69, 9.17) is 40.5 Å². The normalized spacial score (nSPS) is 15.4. The van der Waals surface area contributed by atoms with Crippen LogP contribution >= 0.6 is 35.4 Å². The predicted molar refractivity (Wildman–Crippen MR) is 144 cm³/mol. The number of hydrogen-bond acceptors (Lipinski definition) is 3. The number of halogens is 2. The minimum atomic E-state index is -0.209. The maximum Gasteiger partial charge on any atom is 0.258 e. The number of fused-ring (bicyclic) bond motifs is 1. The number of aromatic amines is 1. The van der Waals surface area contributed by atoms with Crippen molar-refractivity contribution in [2.24, 2.45) is 5.10 Å². The molecule has 0 bridgehead atoms. The van der Waals surface area contributed by atoms with Crippen molar-refractivity contribution in [3.8, 4) is 11.1 Å². The summed E-state index contributed by atoms with van der Waals surface area (Å²) in [6.45, 7) is 0. The first kappa shape index (κ1) is 22.6. The first-order chi connectivity index (χ1) is 16.5. The lowest BCUT2D eigenvalue weighted by atomic mass is 9.91. The van der Waals surface area contributed by atoms with Crippen molar-refractivity contribution in [3.05, 3.63) is 104 Å². The van der Waals surface area contributed by atoms with Crippen molar-refractivity contribution in [2.45, 2.75) is 12.5 Å². The van der Waals surface area contributed by atoms with E-state index in [1.54, 1.807) is 18.1 Å². The molecule has 1 aromatic heterocycles. The van der Waals surface area contributed by atoms with E-state index in [0.29, 0.717) is 38.4 Å². The first-order valence-corrected chi connectivity index (χ1v) is 11.9. The van der Waals surface area contributed by atoms with Crippen LogP contribution in [0.25, 0.3) is 22.0 Å².